The average Bonchev–Trinajstić information content (AvgIpc) is 2.97. The maximum absolute atomic E-state index is 12.0. The van der Waals surface area contributed by atoms with Gasteiger partial charge in [0.25, 0.3) is 0 Å². The number of methoxy groups -OCH3 is 1. The van der Waals surface area contributed by atoms with E-state index < -0.39 is 12.0 Å². The summed E-state index contributed by atoms with van der Waals surface area (Å²) in [6, 6.07) is 5.27. The zero-order valence-corrected chi connectivity index (χ0v) is 13.9. The Balaban J connectivity index is 1.87. The lowest BCUT2D eigenvalue weighted by atomic mass is 9.94. The van der Waals surface area contributed by atoms with Crippen molar-refractivity contribution in [3.8, 4) is 0 Å². The van der Waals surface area contributed by atoms with Crippen molar-refractivity contribution in [3.05, 3.63) is 35.5 Å². The number of ether oxygens (including phenoxy) is 1. The summed E-state index contributed by atoms with van der Waals surface area (Å²) in [4.78, 5) is 28.7. The number of nitrogens with zero attached hydrogens (tertiary/aromatic N) is 1. The van der Waals surface area contributed by atoms with E-state index in [0.717, 1.165) is 22.0 Å². The van der Waals surface area contributed by atoms with E-state index in [4.69, 9.17) is 4.74 Å². The number of likely N-dealkylation sites (tertiary alicyclic amines) is 1. The Labute approximate surface area is 140 Å². The first-order valence-corrected chi connectivity index (χ1v) is 8.13. The molecule has 2 aromatic rings. The van der Waals surface area contributed by atoms with Gasteiger partial charge in [-0.05, 0) is 31.9 Å². The normalized spacial score (nSPS) is 17.8. The molecule has 1 aliphatic heterocycles. The van der Waals surface area contributed by atoms with Crippen LogP contribution in [0.3, 0.4) is 0 Å². The minimum atomic E-state index is -0.867. The van der Waals surface area contributed by atoms with Crippen LogP contribution >= 0.6 is 0 Å². The van der Waals surface area contributed by atoms with Crippen LogP contribution in [0.1, 0.15) is 30.0 Å². The number of aliphatic carboxylic acids is 1. The number of H-pyrrole nitrogens is 1. The van der Waals surface area contributed by atoms with Gasteiger partial charge in [0.2, 0.25) is 0 Å². The topological polar surface area (TPSA) is 82.6 Å². The van der Waals surface area contributed by atoms with Crippen LogP contribution in [0.25, 0.3) is 10.9 Å². The van der Waals surface area contributed by atoms with Gasteiger partial charge in [-0.1, -0.05) is 11.6 Å². The van der Waals surface area contributed by atoms with Crippen molar-refractivity contribution in [1.29, 1.82) is 0 Å². The molecule has 1 saturated heterocycles. The van der Waals surface area contributed by atoms with Crippen molar-refractivity contribution >= 4 is 22.8 Å². The fourth-order valence-corrected chi connectivity index (χ4v) is 3.53. The van der Waals surface area contributed by atoms with Crippen LogP contribution in [0.4, 0.5) is 0 Å². The average molecular weight is 330 g/mol. The molecule has 24 heavy (non-hydrogen) atoms. The molecule has 0 saturated carbocycles. The molecule has 6 heteroatoms. The Morgan fingerprint density at radius 3 is 2.67 bits per heavy atom. The predicted molar refractivity (Wildman–Crippen MR) is 89.7 cm³/mol. The Morgan fingerprint density at radius 2 is 2.04 bits per heavy atom. The number of nitrogens with one attached hydrogen (secondary N) is 1. The van der Waals surface area contributed by atoms with E-state index >= 15 is 0 Å². The van der Waals surface area contributed by atoms with Crippen LogP contribution in [-0.4, -0.2) is 47.1 Å². The van der Waals surface area contributed by atoms with Gasteiger partial charge in [0, 0.05) is 35.8 Å². The standard InChI is InChI=1S/C18H22N2O4/c1-11-3-4-15-13(9-11)14(10-19-15)16(17(21)22)20-7-5-12(6-8-20)18(23)24-2/h3-4,9-10,12,16,19H,5-8H2,1-2H3,(H,21,22)/t16-/m1/s1. The number of aromatic nitrogens is 1. The smallest absolute Gasteiger partial charge is 0.325 e. The summed E-state index contributed by atoms with van der Waals surface area (Å²) in [5, 5.41) is 10.7. The summed E-state index contributed by atoms with van der Waals surface area (Å²) in [5.41, 5.74) is 2.81. The Bertz CT molecular complexity index is 759. The van der Waals surface area contributed by atoms with Gasteiger partial charge < -0.3 is 14.8 Å². The molecule has 0 unspecified atom stereocenters. The van der Waals surface area contributed by atoms with Crippen LogP contribution in [0.5, 0.6) is 0 Å². The van der Waals surface area contributed by atoms with Gasteiger partial charge >= 0.3 is 11.9 Å². The third kappa shape index (κ3) is 3.01. The van der Waals surface area contributed by atoms with Crippen LogP contribution in [0.2, 0.25) is 0 Å². The molecule has 0 radical (unpaired) electrons. The first-order chi connectivity index (χ1) is 11.5. The Hall–Kier alpha value is -2.34. The number of esters is 1. The minimum absolute atomic E-state index is 0.133. The van der Waals surface area contributed by atoms with Gasteiger partial charge in [0.05, 0.1) is 13.0 Å². The van der Waals surface area contributed by atoms with Gasteiger partial charge in [-0.15, -0.1) is 0 Å². The number of carboxylic acids is 1. The molecular weight excluding hydrogens is 308 g/mol. The van der Waals surface area contributed by atoms with Crippen LogP contribution in [0.15, 0.2) is 24.4 Å². The van der Waals surface area contributed by atoms with Gasteiger partial charge in [0.1, 0.15) is 6.04 Å². The van der Waals surface area contributed by atoms with Gasteiger partial charge in [-0.25, -0.2) is 0 Å². The van der Waals surface area contributed by atoms with Crippen LogP contribution < -0.4 is 0 Å². The molecule has 3 rings (SSSR count). The number of aromatic amines is 1. The molecule has 128 valence electrons. The lowest BCUT2D eigenvalue weighted by Crippen LogP contribution is -2.41. The lowest BCUT2D eigenvalue weighted by molar-refractivity contribution is -0.148. The number of hydrogen-bond donors (Lipinski definition) is 2. The van der Waals surface area contributed by atoms with E-state index in [1.807, 2.05) is 30.0 Å². The van der Waals surface area contributed by atoms with E-state index in [9.17, 15) is 14.7 Å². The predicted octanol–water partition coefficient (Wildman–Crippen LogP) is 2.49. The second-order valence-electron chi connectivity index (χ2n) is 6.37. The van der Waals surface area contributed by atoms with Gasteiger partial charge in [-0.2, -0.15) is 0 Å². The molecule has 1 aromatic heterocycles. The number of hydrogen-bond acceptors (Lipinski definition) is 4. The van der Waals surface area contributed by atoms with Crippen molar-refractivity contribution in [2.75, 3.05) is 20.2 Å². The van der Waals surface area contributed by atoms with Crippen LogP contribution in [0, 0.1) is 12.8 Å². The molecule has 0 amide bonds. The number of carboxylic acid groups (broad SMARTS) is 1. The van der Waals surface area contributed by atoms with Crippen LogP contribution in [-0.2, 0) is 14.3 Å². The molecule has 1 fully saturated rings. The van der Waals surface area contributed by atoms with Gasteiger partial charge in [-0.3, -0.25) is 14.5 Å². The summed E-state index contributed by atoms with van der Waals surface area (Å²) in [7, 11) is 1.39. The molecule has 1 atom stereocenters. The molecule has 0 spiro atoms. The Morgan fingerprint density at radius 1 is 1.33 bits per heavy atom. The zero-order chi connectivity index (χ0) is 17.3. The first kappa shape index (κ1) is 16.5. The maximum atomic E-state index is 12.0. The SMILES string of the molecule is COC(=O)C1CCN([C@@H](C(=O)O)c2c[nH]c3ccc(C)cc23)CC1. The summed E-state index contributed by atoms with van der Waals surface area (Å²) in [6.45, 7) is 3.12. The first-order valence-electron chi connectivity index (χ1n) is 8.13. The third-order valence-electron chi connectivity index (χ3n) is 4.83. The highest BCUT2D eigenvalue weighted by atomic mass is 16.5. The zero-order valence-electron chi connectivity index (χ0n) is 13.9. The van der Waals surface area contributed by atoms with E-state index in [1.54, 1.807) is 6.20 Å². The number of benzene rings is 1. The van der Waals surface area contributed by atoms with Crippen molar-refractivity contribution < 1.29 is 19.4 Å². The number of carbonyl (C=O) groups is 2. The number of piperidine rings is 1. The lowest BCUT2D eigenvalue weighted by Gasteiger charge is -2.34. The quantitative estimate of drug-likeness (QED) is 0.842. The van der Waals surface area contributed by atoms with Crippen molar-refractivity contribution in [2.24, 2.45) is 5.92 Å². The third-order valence-corrected chi connectivity index (χ3v) is 4.83. The number of aryl methyl sites for hydroxylation is 1. The maximum Gasteiger partial charge on any atom is 0.325 e. The molecule has 0 aliphatic carbocycles. The molecule has 2 heterocycles. The fraction of sp³-hybridized carbons (Fsp3) is 0.444. The monoisotopic (exact) mass is 330 g/mol. The number of rotatable bonds is 4. The largest absolute Gasteiger partial charge is 0.480 e. The Kier molecular flexibility index (Phi) is 4.57. The summed E-state index contributed by atoms with van der Waals surface area (Å²) >= 11 is 0. The summed E-state index contributed by atoms with van der Waals surface area (Å²) < 4.78 is 4.80. The van der Waals surface area contributed by atoms with Gasteiger partial charge in [0.15, 0.2) is 0 Å². The molecular formula is C18H22N2O4. The molecule has 0 bridgehead atoms. The van der Waals surface area contributed by atoms with Crippen molar-refractivity contribution in [2.45, 2.75) is 25.8 Å². The minimum Gasteiger partial charge on any atom is -0.480 e. The van der Waals surface area contributed by atoms with E-state index in [-0.39, 0.29) is 11.9 Å². The highest BCUT2D eigenvalue weighted by molar-refractivity contribution is 5.89. The number of carbonyl (C=O) groups excluding carboxylic acids is 1. The summed E-state index contributed by atoms with van der Waals surface area (Å²) in [5.74, 6) is -1.20. The van der Waals surface area contributed by atoms with Crippen molar-refractivity contribution in [3.63, 3.8) is 0 Å². The number of fused-ring (bicyclic) bond motifs is 1. The van der Waals surface area contributed by atoms with E-state index in [0.29, 0.717) is 25.9 Å². The molecule has 6 nitrogen and oxygen atoms in total. The highest BCUT2D eigenvalue weighted by Gasteiger charge is 2.34. The molecule has 1 aliphatic rings. The molecule has 1 aromatic carbocycles. The van der Waals surface area contributed by atoms with E-state index in [2.05, 4.69) is 4.98 Å². The van der Waals surface area contributed by atoms with Crippen molar-refractivity contribution in [1.82, 2.24) is 9.88 Å². The fourth-order valence-electron chi connectivity index (χ4n) is 3.53. The second-order valence-corrected chi connectivity index (χ2v) is 6.37. The summed E-state index contributed by atoms with van der Waals surface area (Å²) in [6.07, 6.45) is 3.03. The highest BCUT2D eigenvalue weighted by Crippen LogP contribution is 2.32. The van der Waals surface area contributed by atoms with E-state index in [1.165, 1.54) is 7.11 Å². The second kappa shape index (κ2) is 6.65. The molecule has 2 N–H and O–H groups in total.